The number of aryl methyl sites for hydroxylation is 2. The Kier molecular flexibility index (Phi) is 4.57. The van der Waals surface area contributed by atoms with Gasteiger partial charge in [-0.05, 0) is 18.6 Å². The minimum absolute atomic E-state index is 0.0377. The first kappa shape index (κ1) is 15.5. The minimum atomic E-state index is 0.0377. The highest BCUT2D eigenvalue weighted by Crippen LogP contribution is 2.16. The lowest BCUT2D eigenvalue weighted by atomic mass is 10.2. The molecule has 0 unspecified atom stereocenters. The van der Waals surface area contributed by atoms with Crippen LogP contribution in [0.1, 0.15) is 17.1 Å². The third-order valence-corrected chi connectivity index (χ3v) is 4.61. The molecular formula is C16H19N5OS. The number of nitrogens with one attached hydrogen (secondary N) is 1. The lowest BCUT2D eigenvalue weighted by Crippen LogP contribution is -2.26. The Morgan fingerprint density at radius 3 is 2.91 bits per heavy atom. The van der Waals surface area contributed by atoms with E-state index in [1.54, 1.807) is 6.20 Å². The summed E-state index contributed by atoms with van der Waals surface area (Å²) in [5.41, 5.74) is 7.67. The van der Waals surface area contributed by atoms with Crippen molar-refractivity contribution in [1.29, 1.82) is 0 Å². The lowest BCUT2D eigenvalue weighted by molar-refractivity contribution is -0.121. The van der Waals surface area contributed by atoms with Gasteiger partial charge in [-0.2, -0.15) is 0 Å². The number of rotatable bonds is 6. The predicted molar refractivity (Wildman–Crippen MR) is 92.3 cm³/mol. The summed E-state index contributed by atoms with van der Waals surface area (Å²) in [5, 5.41) is 3.48. The lowest BCUT2D eigenvalue weighted by Gasteiger charge is -2.05. The molecule has 0 spiro atoms. The van der Waals surface area contributed by atoms with Gasteiger partial charge in [-0.25, -0.2) is 9.97 Å². The SMILES string of the molecule is Cn1c(CCNC(=O)CCc2cnc(N)s2)nc2ccccc21. The fourth-order valence-electron chi connectivity index (χ4n) is 2.50. The van der Waals surface area contributed by atoms with Crippen molar-refractivity contribution >= 4 is 33.4 Å². The third kappa shape index (κ3) is 3.68. The second-order valence-corrected chi connectivity index (χ2v) is 6.49. The first-order valence-corrected chi connectivity index (χ1v) is 8.32. The Labute approximate surface area is 138 Å². The second kappa shape index (κ2) is 6.78. The number of carbonyl (C=O) groups excluding carboxylic acids is 1. The number of benzene rings is 1. The van der Waals surface area contributed by atoms with E-state index in [1.165, 1.54) is 11.3 Å². The van der Waals surface area contributed by atoms with Crippen molar-refractivity contribution in [3.8, 4) is 0 Å². The van der Waals surface area contributed by atoms with Gasteiger partial charge in [-0.3, -0.25) is 4.79 Å². The number of nitrogens with two attached hydrogens (primary N) is 1. The summed E-state index contributed by atoms with van der Waals surface area (Å²) >= 11 is 1.43. The van der Waals surface area contributed by atoms with Gasteiger partial charge in [-0.15, -0.1) is 11.3 Å². The summed E-state index contributed by atoms with van der Waals surface area (Å²) in [6.45, 7) is 0.584. The predicted octanol–water partition coefficient (Wildman–Crippen LogP) is 1.90. The number of anilines is 1. The first-order valence-electron chi connectivity index (χ1n) is 7.50. The van der Waals surface area contributed by atoms with Crippen LogP contribution in [-0.4, -0.2) is 27.0 Å². The molecule has 0 fully saturated rings. The van der Waals surface area contributed by atoms with Gasteiger partial charge in [0.05, 0.1) is 11.0 Å². The number of para-hydroxylation sites is 2. The van der Waals surface area contributed by atoms with Gasteiger partial charge in [0.25, 0.3) is 0 Å². The van der Waals surface area contributed by atoms with E-state index in [0.717, 1.165) is 21.7 Å². The number of fused-ring (bicyclic) bond motifs is 1. The van der Waals surface area contributed by atoms with Crippen molar-refractivity contribution < 1.29 is 4.79 Å². The minimum Gasteiger partial charge on any atom is -0.375 e. The molecule has 120 valence electrons. The molecule has 2 aromatic heterocycles. The molecule has 0 aliphatic carbocycles. The van der Waals surface area contributed by atoms with Crippen molar-refractivity contribution in [2.24, 2.45) is 7.05 Å². The Balaban J connectivity index is 1.48. The molecule has 3 rings (SSSR count). The Hall–Kier alpha value is -2.41. The van der Waals surface area contributed by atoms with E-state index in [1.807, 2.05) is 31.3 Å². The molecule has 0 radical (unpaired) electrons. The summed E-state index contributed by atoms with van der Waals surface area (Å²) in [5.74, 6) is 1.01. The Bertz CT molecular complexity index is 823. The van der Waals surface area contributed by atoms with E-state index in [0.29, 0.717) is 30.9 Å². The molecule has 6 nitrogen and oxygen atoms in total. The normalized spacial score (nSPS) is 11.0. The standard InChI is InChI=1S/C16H19N5OS/c1-21-13-5-3-2-4-12(13)20-14(21)8-9-18-15(22)7-6-11-10-19-16(17)23-11/h2-5,10H,6-9H2,1H3,(H2,17,19)(H,18,22). The van der Waals surface area contributed by atoms with Crippen LogP contribution in [-0.2, 0) is 24.7 Å². The van der Waals surface area contributed by atoms with Crippen LogP contribution in [0.25, 0.3) is 11.0 Å². The van der Waals surface area contributed by atoms with Gasteiger partial charge in [0.1, 0.15) is 5.82 Å². The molecule has 0 atom stereocenters. The molecule has 0 saturated carbocycles. The molecule has 0 aliphatic heterocycles. The number of hydrogen-bond acceptors (Lipinski definition) is 5. The maximum absolute atomic E-state index is 11.9. The number of carbonyl (C=O) groups is 1. The topological polar surface area (TPSA) is 85.8 Å². The van der Waals surface area contributed by atoms with Crippen LogP contribution >= 0.6 is 11.3 Å². The summed E-state index contributed by atoms with van der Waals surface area (Å²) in [6.07, 6.45) is 3.56. The van der Waals surface area contributed by atoms with E-state index in [4.69, 9.17) is 5.73 Å². The van der Waals surface area contributed by atoms with Crippen molar-refractivity contribution in [3.05, 3.63) is 41.2 Å². The van der Waals surface area contributed by atoms with Crippen LogP contribution in [0.5, 0.6) is 0 Å². The van der Waals surface area contributed by atoms with E-state index in [2.05, 4.69) is 19.9 Å². The molecule has 23 heavy (non-hydrogen) atoms. The van der Waals surface area contributed by atoms with E-state index < -0.39 is 0 Å². The van der Waals surface area contributed by atoms with Crippen molar-refractivity contribution in [2.75, 3.05) is 12.3 Å². The number of nitrogen functional groups attached to an aromatic ring is 1. The average molecular weight is 329 g/mol. The third-order valence-electron chi connectivity index (χ3n) is 3.72. The van der Waals surface area contributed by atoms with E-state index >= 15 is 0 Å². The maximum atomic E-state index is 11.9. The quantitative estimate of drug-likeness (QED) is 0.723. The van der Waals surface area contributed by atoms with E-state index in [9.17, 15) is 4.79 Å². The Morgan fingerprint density at radius 2 is 2.17 bits per heavy atom. The molecule has 7 heteroatoms. The number of nitrogens with zero attached hydrogens (tertiary/aromatic N) is 3. The molecule has 0 aliphatic rings. The van der Waals surface area contributed by atoms with Gasteiger partial charge >= 0.3 is 0 Å². The van der Waals surface area contributed by atoms with Crippen molar-refractivity contribution in [3.63, 3.8) is 0 Å². The van der Waals surface area contributed by atoms with Gasteiger partial charge in [0.2, 0.25) is 5.91 Å². The van der Waals surface area contributed by atoms with Crippen molar-refractivity contribution in [2.45, 2.75) is 19.3 Å². The van der Waals surface area contributed by atoms with Crippen LogP contribution in [0.3, 0.4) is 0 Å². The summed E-state index contributed by atoms with van der Waals surface area (Å²) in [7, 11) is 2.00. The molecule has 1 aromatic carbocycles. The fraction of sp³-hybridized carbons (Fsp3) is 0.312. The van der Waals surface area contributed by atoms with Gasteiger partial charge in [-0.1, -0.05) is 12.1 Å². The van der Waals surface area contributed by atoms with E-state index in [-0.39, 0.29) is 5.91 Å². The van der Waals surface area contributed by atoms with Gasteiger partial charge in [0, 0.05) is 37.5 Å². The summed E-state index contributed by atoms with van der Waals surface area (Å²) in [4.78, 5) is 21.5. The monoisotopic (exact) mass is 329 g/mol. The summed E-state index contributed by atoms with van der Waals surface area (Å²) in [6, 6.07) is 8.03. The van der Waals surface area contributed by atoms with Crippen LogP contribution in [0.4, 0.5) is 5.13 Å². The smallest absolute Gasteiger partial charge is 0.220 e. The summed E-state index contributed by atoms with van der Waals surface area (Å²) < 4.78 is 2.07. The number of amides is 1. The average Bonchev–Trinajstić information content (AvgIpc) is 3.10. The zero-order valence-electron chi connectivity index (χ0n) is 13.0. The second-order valence-electron chi connectivity index (χ2n) is 5.34. The van der Waals surface area contributed by atoms with Crippen LogP contribution in [0, 0.1) is 0 Å². The zero-order valence-corrected chi connectivity index (χ0v) is 13.8. The highest BCUT2D eigenvalue weighted by atomic mass is 32.1. The van der Waals surface area contributed by atoms with Crippen molar-refractivity contribution in [1.82, 2.24) is 19.9 Å². The number of thiazole rings is 1. The molecule has 3 aromatic rings. The number of hydrogen-bond donors (Lipinski definition) is 2. The van der Waals surface area contributed by atoms with Gasteiger partial charge < -0.3 is 15.6 Å². The Morgan fingerprint density at radius 1 is 1.35 bits per heavy atom. The van der Waals surface area contributed by atoms with Gasteiger partial charge in [0.15, 0.2) is 5.13 Å². The largest absolute Gasteiger partial charge is 0.375 e. The number of imidazole rings is 1. The molecule has 0 bridgehead atoms. The highest BCUT2D eigenvalue weighted by molar-refractivity contribution is 7.15. The number of aromatic nitrogens is 3. The molecule has 0 saturated heterocycles. The maximum Gasteiger partial charge on any atom is 0.220 e. The highest BCUT2D eigenvalue weighted by Gasteiger charge is 2.08. The first-order chi connectivity index (χ1) is 11.1. The molecule has 2 heterocycles. The molecule has 3 N–H and O–H groups in total. The zero-order chi connectivity index (χ0) is 16.2. The van der Waals surface area contributed by atoms with Crippen LogP contribution < -0.4 is 11.1 Å². The molecule has 1 amide bonds. The van der Waals surface area contributed by atoms with Crippen LogP contribution in [0.15, 0.2) is 30.5 Å². The van der Waals surface area contributed by atoms with Crippen LogP contribution in [0.2, 0.25) is 0 Å². The molecular weight excluding hydrogens is 310 g/mol. The fourth-order valence-corrected chi connectivity index (χ4v) is 3.18.